The Morgan fingerprint density at radius 3 is 2.88 bits per heavy atom. The molecule has 1 saturated carbocycles. The molecule has 17 heavy (non-hydrogen) atoms. The van der Waals surface area contributed by atoms with Crippen LogP contribution in [0.15, 0.2) is 35.4 Å². The van der Waals surface area contributed by atoms with Gasteiger partial charge in [-0.25, -0.2) is 5.43 Å². The van der Waals surface area contributed by atoms with Gasteiger partial charge in [0.1, 0.15) is 0 Å². The van der Waals surface area contributed by atoms with Gasteiger partial charge < -0.3 is 0 Å². The molecule has 0 heterocycles. The Labute approximate surface area is 102 Å². The number of hydrazone groups is 1. The molecule has 1 fully saturated rings. The van der Waals surface area contributed by atoms with Crippen molar-refractivity contribution in [3.63, 3.8) is 0 Å². The lowest BCUT2D eigenvalue weighted by Crippen LogP contribution is -2.20. The molecule has 1 aromatic carbocycles. The molecular formula is C14H18N2O. The van der Waals surface area contributed by atoms with Crippen LogP contribution in [0.1, 0.15) is 43.0 Å². The third-order valence-corrected chi connectivity index (χ3v) is 3.29. The van der Waals surface area contributed by atoms with E-state index in [0.29, 0.717) is 11.5 Å². The van der Waals surface area contributed by atoms with E-state index in [9.17, 15) is 4.79 Å². The molecule has 90 valence electrons. The van der Waals surface area contributed by atoms with Crippen LogP contribution in [0.25, 0.3) is 0 Å². The summed E-state index contributed by atoms with van der Waals surface area (Å²) < 4.78 is 0. The van der Waals surface area contributed by atoms with Crippen LogP contribution in [0, 0.1) is 5.92 Å². The van der Waals surface area contributed by atoms with Crippen molar-refractivity contribution in [2.45, 2.75) is 32.6 Å². The van der Waals surface area contributed by atoms with Gasteiger partial charge in [-0.1, -0.05) is 25.1 Å². The maximum atomic E-state index is 11.8. The fourth-order valence-corrected chi connectivity index (χ4v) is 2.26. The van der Waals surface area contributed by atoms with Gasteiger partial charge in [0.05, 0.1) is 0 Å². The van der Waals surface area contributed by atoms with Crippen molar-refractivity contribution in [1.29, 1.82) is 0 Å². The first-order chi connectivity index (χ1) is 8.31. The van der Waals surface area contributed by atoms with Crippen LogP contribution >= 0.6 is 0 Å². The summed E-state index contributed by atoms with van der Waals surface area (Å²) in [5.41, 5.74) is 4.46. The van der Waals surface area contributed by atoms with Crippen molar-refractivity contribution in [1.82, 2.24) is 5.43 Å². The van der Waals surface area contributed by atoms with Crippen molar-refractivity contribution in [3.05, 3.63) is 35.9 Å². The van der Waals surface area contributed by atoms with E-state index in [4.69, 9.17) is 0 Å². The number of hydrogen-bond donors (Lipinski definition) is 1. The maximum absolute atomic E-state index is 11.8. The van der Waals surface area contributed by atoms with Crippen molar-refractivity contribution in [2.24, 2.45) is 11.0 Å². The van der Waals surface area contributed by atoms with Crippen molar-refractivity contribution in [3.8, 4) is 0 Å². The van der Waals surface area contributed by atoms with E-state index in [1.54, 1.807) is 12.1 Å². The lowest BCUT2D eigenvalue weighted by Gasteiger charge is -2.07. The predicted molar refractivity (Wildman–Crippen MR) is 69.0 cm³/mol. The smallest absolute Gasteiger partial charge is 0.267 e. The van der Waals surface area contributed by atoms with Gasteiger partial charge in [-0.15, -0.1) is 0 Å². The minimum Gasteiger partial charge on any atom is -0.267 e. The van der Waals surface area contributed by atoms with Crippen molar-refractivity contribution >= 4 is 11.6 Å². The van der Waals surface area contributed by atoms with Crippen LogP contribution in [-0.4, -0.2) is 11.6 Å². The highest BCUT2D eigenvalue weighted by Crippen LogP contribution is 2.24. The average Bonchev–Trinajstić information content (AvgIpc) is 2.84. The van der Waals surface area contributed by atoms with E-state index in [1.807, 2.05) is 18.2 Å². The van der Waals surface area contributed by atoms with E-state index in [1.165, 1.54) is 12.8 Å². The summed E-state index contributed by atoms with van der Waals surface area (Å²) in [5, 5.41) is 4.27. The standard InChI is InChI=1S/C14H18N2O/c1-2-11-9-6-10-13(11)15-16-14(17)12-7-4-3-5-8-12/h3-5,7-8,11H,2,6,9-10H2,1H3,(H,16,17). The van der Waals surface area contributed by atoms with E-state index in [0.717, 1.165) is 18.6 Å². The second kappa shape index (κ2) is 5.62. The zero-order valence-electron chi connectivity index (χ0n) is 10.1. The number of carbonyl (C=O) groups excluding carboxylic acids is 1. The Kier molecular flexibility index (Phi) is 3.91. The molecule has 1 atom stereocenters. The third-order valence-electron chi connectivity index (χ3n) is 3.29. The summed E-state index contributed by atoms with van der Waals surface area (Å²) in [6, 6.07) is 9.19. The van der Waals surface area contributed by atoms with Crippen LogP contribution in [0.2, 0.25) is 0 Å². The summed E-state index contributed by atoms with van der Waals surface area (Å²) >= 11 is 0. The van der Waals surface area contributed by atoms with E-state index in [-0.39, 0.29) is 5.91 Å². The van der Waals surface area contributed by atoms with Crippen molar-refractivity contribution < 1.29 is 4.79 Å². The lowest BCUT2D eigenvalue weighted by atomic mass is 10.0. The molecule has 0 aliphatic heterocycles. The fourth-order valence-electron chi connectivity index (χ4n) is 2.26. The zero-order chi connectivity index (χ0) is 12.1. The van der Waals surface area contributed by atoms with Gasteiger partial charge in [-0.05, 0) is 43.7 Å². The molecule has 0 saturated heterocycles. The van der Waals surface area contributed by atoms with E-state index < -0.39 is 0 Å². The van der Waals surface area contributed by atoms with E-state index in [2.05, 4.69) is 17.5 Å². The Hall–Kier alpha value is -1.64. The number of carbonyl (C=O) groups is 1. The predicted octanol–water partition coefficient (Wildman–Crippen LogP) is 2.98. The third kappa shape index (κ3) is 2.93. The highest BCUT2D eigenvalue weighted by molar-refractivity contribution is 5.96. The topological polar surface area (TPSA) is 41.5 Å². The SMILES string of the molecule is CCC1CCCC1=NNC(=O)c1ccccc1. The fraction of sp³-hybridized carbons (Fsp3) is 0.429. The van der Waals surface area contributed by atoms with Gasteiger partial charge >= 0.3 is 0 Å². The maximum Gasteiger partial charge on any atom is 0.271 e. The highest BCUT2D eigenvalue weighted by atomic mass is 16.2. The molecule has 1 aromatic rings. The first-order valence-electron chi connectivity index (χ1n) is 6.23. The number of amides is 1. The van der Waals surface area contributed by atoms with Gasteiger partial charge in [-0.2, -0.15) is 5.10 Å². The lowest BCUT2D eigenvalue weighted by molar-refractivity contribution is 0.0954. The highest BCUT2D eigenvalue weighted by Gasteiger charge is 2.20. The second-order valence-electron chi connectivity index (χ2n) is 4.41. The Morgan fingerprint density at radius 2 is 2.18 bits per heavy atom. The van der Waals surface area contributed by atoms with E-state index >= 15 is 0 Å². The normalized spacial score (nSPS) is 21.7. The Bertz CT molecular complexity index is 411. The molecule has 1 amide bonds. The molecule has 2 rings (SSSR count). The van der Waals surface area contributed by atoms with Gasteiger partial charge in [0.15, 0.2) is 0 Å². The van der Waals surface area contributed by atoms with Crippen molar-refractivity contribution in [2.75, 3.05) is 0 Å². The van der Waals surface area contributed by atoms with Crippen LogP contribution in [0.3, 0.4) is 0 Å². The first-order valence-corrected chi connectivity index (χ1v) is 6.23. The van der Waals surface area contributed by atoms with Crippen LogP contribution in [-0.2, 0) is 0 Å². The molecule has 1 N–H and O–H groups in total. The molecule has 1 aliphatic carbocycles. The van der Waals surface area contributed by atoms with Gasteiger partial charge in [0.2, 0.25) is 0 Å². The number of nitrogens with zero attached hydrogens (tertiary/aromatic N) is 1. The molecule has 0 radical (unpaired) electrons. The molecule has 3 heteroatoms. The molecule has 1 unspecified atom stereocenters. The van der Waals surface area contributed by atoms with Crippen LogP contribution in [0.5, 0.6) is 0 Å². The summed E-state index contributed by atoms with van der Waals surface area (Å²) in [6.07, 6.45) is 4.53. The molecular weight excluding hydrogens is 212 g/mol. The quantitative estimate of drug-likeness (QED) is 0.797. The summed E-state index contributed by atoms with van der Waals surface area (Å²) in [7, 11) is 0. The Balaban J connectivity index is 1.98. The Morgan fingerprint density at radius 1 is 1.41 bits per heavy atom. The largest absolute Gasteiger partial charge is 0.271 e. The average molecular weight is 230 g/mol. The minimum absolute atomic E-state index is 0.125. The second-order valence-corrected chi connectivity index (χ2v) is 4.41. The summed E-state index contributed by atoms with van der Waals surface area (Å²) in [5.74, 6) is 0.436. The molecule has 0 bridgehead atoms. The first kappa shape index (κ1) is 11.8. The number of nitrogens with one attached hydrogen (secondary N) is 1. The molecule has 0 spiro atoms. The number of hydrogen-bond acceptors (Lipinski definition) is 2. The summed E-state index contributed by atoms with van der Waals surface area (Å²) in [6.45, 7) is 2.17. The molecule has 3 nitrogen and oxygen atoms in total. The zero-order valence-corrected chi connectivity index (χ0v) is 10.1. The monoisotopic (exact) mass is 230 g/mol. The molecule has 0 aromatic heterocycles. The van der Waals surface area contributed by atoms with Gasteiger partial charge in [0.25, 0.3) is 5.91 Å². The summed E-state index contributed by atoms with van der Waals surface area (Å²) in [4.78, 5) is 11.8. The van der Waals surface area contributed by atoms with Gasteiger partial charge in [0, 0.05) is 11.3 Å². The minimum atomic E-state index is -0.125. The van der Waals surface area contributed by atoms with Crippen LogP contribution in [0.4, 0.5) is 0 Å². The van der Waals surface area contributed by atoms with Crippen LogP contribution < -0.4 is 5.43 Å². The molecule has 1 aliphatic rings. The number of benzene rings is 1. The number of rotatable bonds is 3. The van der Waals surface area contributed by atoms with Gasteiger partial charge in [-0.3, -0.25) is 4.79 Å².